The van der Waals surface area contributed by atoms with Crippen molar-refractivity contribution < 1.29 is 14.2 Å². The van der Waals surface area contributed by atoms with Crippen molar-refractivity contribution in [1.29, 1.82) is 0 Å². The number of rotatable bonds is 4. The molecule has 1 N–H and O–H groups in total. The maximum absolute atomic E-state index is 14.1. The number of alkyl halides is 1. The first-order chi connectivity index (χ1) is 15.0. The molecule has 2 bridgehead atoms. The lowest BCUT2D eigenvalue weighted by Crippen LogP contribution is -2.43. The summed E-state index contributed by atoms with van der Waals surface area (Å²) < 4.78 is 20.3. The van der Waals surface area contributed by atoms with E-state index in [-0.39, 0.29) is 16.4 Å². The summed E-state index contributed by atoms with van der Waals surface area (Å²) in [6.45, 7) is 3.81. The summed E-state index contributed by atoms with van der Waals surface area (Å²) in [5.74, 6) is 2.53. The van der Waals surface area contributed by atoms with E-state index in [0.29, 0.717) is 42.8 Å². The van der Waals surface area contributed by atoms with Gasteiger partial charge in [-0.25, -0.2) is 9.37 Å². The second-order valence-electron chi connectivity index (χ2n) is 9.96. The summed E-state index contributed by atoms with van der Waals surface area (Å²) in [4.78, 5) is 13.8. The van der Waals surface area contributed by atoms with Gasteiger partial charge in [0.15, 0.2) is 0 Å². The minimum Gasteiger partial charge on any atom is -0.492 e. The molecule has 3 aliphatic heterocycles. The van der Waals surface area contributed by atoms with E-state index in [1.165, 1.54) is 19.3 Å². The molecule has 2 unspecified atom stereocenters. The largest absolute Gasteiger partial charge is 0.492 e. The molecule has 3 saturated heterocycles. The number of aromatic hydroxyl groups is 1. The topological polar surface area (TPSA) is 61.7 Å². The van der Waals surface area contributed by atoms with Gasteiger partial charge in [-0.3, -0.25) is 4.90 Å². The fourth-order valence-electron chi connectivity index (χ4n) is 6.45. The van der Waals surface area contributed by atoms with Crippen LogP contribution in [0.2, 0.25) is 5.02 Å². The quantitative estimate of drug-likeness (QED) is 0.760. The lowest BCUT2D eigenvalue weighted by molar-refractivity contribution is 0.111. The Balaban J connectivity index is 1.34. The third kappa shape index (κ3) is 3.41. The number of hydrogen-bond donors (Lipinski definition) is 1. The van der Waals surface area contributed by atoms with E-state index in [4.69, 9.17) is 21.3 Å². The van der Waals surface area contributed by atoms with Crippen molar-refractivity contribution in [3.05, 3.63) is 17.2 Å². The Labute approximate surface area is 186 Å². The van der Waals surface area contributed by atoms with E-state index in [1.54, 1.807) is 12.1 Å². The molecule has 6 nitrogen and oxygen atoms in total. The maximum atomic E-state index is 14.1. The fraction of sp³-hybridized carbons (Fsp3) is 0.652. The van der Waals surface area contributed by atoms with Gasteiger partial charge in [-0.2, -0.15) is 4.98 Å². The molecule has 5 heterocycles. The molecular weight excluding hydrogens is 419 g/mol. The average Bonchev–Trinajstić information content (AvgIpc) is 3.38. The lowest BCUT2D eigenvalue weighted by Gasteiger charge is -2.34. The Bertz CT molecular complexity index is 1010. The molecule has 4 aliphatic rings. The maximum Gasteiger partial charge on any atom is 0.230 e. The highest BCUT2D eigenvalue weighted by Crippen LogP contribution is 2.42. The number of hydrogen-bond acceptors (Lipinski definition) is 6. The van der Waals surface area contributed by atoms with Crippen molar-refractivity contribution in [3.8, 4) is 11.8 Å². The summed E-state index contributed by atoms with van der Waals surface area (Å²) in [7, 11) is 0. The Kier molecular flexibility index (Phi) is 4.69. The second kappa shape index (κ2) is 7.34. The Morgan fingerprint density at radius 2 is 2.00 bits per heavy atom. The van der Waals surface area contributed by atoms with Gasteiger partial charge in [-0.1, -0.05) is 11.6 Å². The molecule has 4 atom stereocenters. The Morgan fingerprint density at radius 1 is 1.19 bits per heavy atom. The highest BCUT2D eigenvalue weighted by molar-refractivity contribution is 6.32. The smallest absolute Gasteiger partial charge is 0.230 e. The summed E-state index contributed by atoms with van der Waals surface area (Å²) in [6.07, 6.45) is 5.63. The summed E-state index contributed by atoms with van der Waals surface area (Å²) in [6, 6.07) is 3.52. The van der Waals surface area contributed by atoms with Crippen LogP contribution in [0.15, 0.2) is 12.1 Å². The molecule has 8 heteroatoms. The SMILES string of the molecule is Oc1nc2cc(OC[C@@]34CCCN3C[C@H](F)C4)nc(N3CC4CCC(C4)C3)c2cc1Cl. The second-order valence-corrected chi connectivity index (χ2v) is 10.4. The summed E-state index contributed by atoms with van der Waals surface area (Å²) in [5, 5.41) is 11.2. The van der Waals surface area contributed by atoms with Gasteiger partial charge in [0.05, 0.1) is 11.1 Å². The number of ether oxygens (including phenoxy) is 1. The van der Waals surface area contributed by atoms with Crippen LogP contribution in [0.25, 0.3) is 10.9 Å². The predicted octanol–water partition coefficient (Wildman–Crippen LogP) is 4.18. The van der Waals surface area contributed by atoms with E-state index < -0.39 is 6.17 Å². The zero-order valence-corrected chi connectivity index (χ0v) is 18.3. The zero-order valence-electron chi connectivity index (χ0n) is 17.6. The van der Waals surface area contributed by atoms with Crippen molar-refractivity contribution in [1.82, 2.24) is 14.9 Å². The van der Waals surface area contributed by atoms with Crippen molar-refractivity contribution in [2.75, 3.05) is 37.7 Å². The first kappa shape index (κ1) is 19.8. The minimum atomic E-state index is -0.784. The number of aromatic nitrogens is 2. The Hall–Kier alpha value is -1.86. The molecule has 6 rings (SSSR count). The number of nitrogens with zero attached hydrogens (tertiary/aromatic N) is 4. The van der Waals surface area contributed by atoms with Gasteiger partial charge in [-0.15, -0.1) is 0 Å². The van der Waals surface area contributed by atoms with E-state index in [2.05, 4.69) is 14.8 Å². The van der Waals surface area contributed by atoms with Gasteiger partial charge >= 0.3 is 0 Å². The average molecular weight is 447 g/mol. The normalized spacial score (nSPS) is 32.7. The Morgan fingerprint density at radius 3 is 2.81 bits per heavy atom. The van der Waals surface area contributed by atoms with Gasteiger partial charge < -0.3 is 14.7 Å². The van der Waals surface area contributed by atoms with Gasteiger partial charge in [0.25, 0.3) is 0 Å². The van der Waals surface area contributed by atoms with Crippen LogP contribution in [-0.2, 0) is 0 Å². The number of fused-ring (bicyclic) bond motifs is 4. The number of anilines is 1. The first-order valence-electron chi connectivity index (χ1n) is 11.5. The van der Waals surface area contributed by atoms with Gasteiger partial charge in [-0.05, 0) is 56.6 Å². The highest BCUT2D eigenvalue weighted by Gasteiger charge is 2.49. The molecular formula is C23H28ClFN4O2. The van der Waals surface area contributed by atoms with Crippen LogP contribution in [0.4, 0.5) is 10.2 Å². The molecule has 31 heavy (non-hydrogen) atoms. The molecule has 0 spiro atoms. The van der Waals surface area contributed by atoms with Crippen LogP contribution in [0.5, 0.6) is 11.8 Å². The molecule has 0 radical (unpaired) electrons. The molecule has 4 fully saturated rings. The van der Waals surface area contributed by atoms with E-state index in [1.807, 2.05) is 0 Å². The van der Waals surface area contributed by atoms with Crippen LogP contribution in [0.1, 0.15) is 38.5 Å². The van der Waals surface area contributed by atoms with Crippen molar-refractivity contribution in [3.63, 3.8) is 0 Å². The minimum absolute atomic E-state index is 0.187. The molecule has 2 aromatic heterocycles. The molecule has 0 aromatic carbocycles. The highest BCUT2D eigenvalue weighted by atomic mass is 35.5. The van der Waals surface area contributed by atoms with Crippen LogP contribution in [0, 0.1) is 11.8 Å². The van der Waals surface area contributed by atoms with Gasteiger partial charge in [0.1, 0.15) is 23.6 Å². The number of piperidine rings is 1. The first-order valence-corrected chi connectivity index (χ1v) is 11.8. The van der Waals surface area contributed by atoms with E-state index in [9.17, 15) is 9.50 Å². The van der Waals surface area contributed by atoms with Crippen molar-refractivity contribution in [2.45, 2.75) is 50.2 Å². The monoisotopic (exact) mass is 446 g/mol. The predicted molar refractivity (Wildman–Crippen MR) is 118 cm³/mol. The summed E-state index contributed by atoms with van der Waals surface area (Å²) >= 11 is 6.20. The van der Waals surface area contributed by atoms with E-state index in [0.717, 1.165) is 43.7 Å². The number of halogens is 2. The number of pyridine rings is 2. The fourth-order valence-corrected chi connectivity index (χ4v) is 6.60. The van der Waals surface area contributed by atoms with Crippen LogP contribution < -0.4 is 9.64 Å². The third-order valence-corrected chi connectivity index (χ3v) is 8.14. The van der Waals surface area contributed by atoms with Crippen LogP contribution >= 0.6 is 11.6 Å². The molecule has 1 aliphatic carbocycles. The van der Waals surface area contributed by atoms with Crippen LogP contribution in [0.3, 0.4) is 0 Å². The lowest BCUT2D eigenvalue weighted by atomic mass is 9.95. The summed E-state index contributed by atoms with van der Waals surface area (Å²) in [5.41, 5.74) is 0.395. The molecule has 0 amide bonds. The molecule has 2 aromatic rings. The van der Waals surface area contributed by atoms with Crippen molar-refractivity contribution in [2.24, 2.45) is 11.8 Å². The van der Waals surface area contributed by atoms with Crippen LogP contribution in [-0.4, -0.2) is 64.5 Å². The van der Waals surface area contributed by atoms with Gasteiger partial charge in [0.2, 0.25) is 11.8 Å². The standard InChI is InChI=1S/C23H28ClFN4O2/c24-18-7-17-19(26-22(18)30)8-20(27-21(17)28-10-14-2-3-15(6-14)11-28)31-13-23-4-1-5-29(23)12-16(25)9-23/h7-8,14-16H,1-6,9-13H2,(H,26,30)/t14?,15?,16-,23+/m1/s1. The molecule has 166 valence electrons. The molecule has 1 saturated carbocycles. The van der Waals surface area contributed by atoms with Gasteiger partial charge in [0, 0.05) is 37.5 Å². The van der Waals surface area contributed by atoms with Crippen molar-refractivity contribution >= 4 is 28.3 Å². The third-order valence-electron chi connectivity index (χ3n) is 7.86. The van der Waals surface area contributed by atoms with E-state index >= 15 is 0 Å². The zero-order chi connectivity index (χ0) is 21.2.